The minimum absolute atomic E-state index is 0.501. The summed E-state index contributed by atoms with van der Waals surface area (Å²) in [6.07, 6.45) is 7.18. The van der Waals surface area contributed by atoms with Crippen LogP contribution in [0, 0.1) is 11.8 Å². The first-order valence-corrected chi connectivity index (χ1v) is 9.03. The van der Waals surface area contributed by atoms with E-state index in [-0.39, 0.29) is 0 Å². The summed E-state index contributed by atoms with van der Waals surface area (Å²) in [7, 11) is 0. The molecule has 0 saturated carbocycles. The van der Waals surface area contributed by atoms with Crippen LogP contribution in [0.5, 0.6) is 0 Å². The fourth-order valence-electron chi connectivity index (χ4n) is 4.61. The highest BCUT2D eigenvalue weighted by Crippen LogP contribution is 2.39. The van der Waals surface area contributed by atoms with Crippen molar-refractivity contribution in [2.75, 3.05) is 32.8 Å². The molecule has 6 nitrogen and oxygen atoms in total. The summed E-state index contributed by atoms with van der Waals surface area (Å²) in [4.78, 5) is 6.89. The van der Waals surface area contributed by atoms with Crippen LogP contribution < -0.4 is 0 Å². The second-order valence-corrected chi connectivity index (χ2v) is 7.37. The number of hydrogen-bond acceptors (Lipinski definition) is 5. The zero-order chi connectivity index (χ0) is 15.9. The third kappa shape index (κ3) is 2.45. The topological polar surface area (TPSA) is 56.1 Å². The number of hydrogen-bond donors (Lipinski definition) is 0. The quantitative estimate of drug-likeness (QED) is 0.861. The van der Waals surface area contributed by atoms with Gasteiger partial charge in [-0.25, -0.2) is 0 Å². The van der Waals surface area contributed by atoms with Crippen molar-refractivity contribution in [1.29, 1.82) is 0 Å². The Balaban J connectivity index is 1.42. The Morgan fingerprint density at radius 3 is 3.04 bits per heavy atom. The highest BCUT2D eigenvalue weighted by Gasteiger charge is 2.40. The van der Waals surface area contributed by atoms with Gasteiger partial charge in [0.1, 0.15) is 5.82 Å². The molecule has 24 heavy (non-hydrogen) atoms. The van der Waals surface area contributed by atoms with Crippen molar-refractivity contribution in [3.63, 3.8) is 0 Å². The van der Waals surface area contributed by atoms with Gasteiger partial charge in [-0.2, -0.15) is 0 Å². The number of ether oxygens (including phenoxy) is 1. The van der Waals surface area contributed by atoms with Crippen LogP contribution in [0.4, 0.5) is 0 Å². The Morgan fingerprint density at radius 1 is 1.21 bits per heavy atom. The third-order valence-electron chi connectivity index (χ3n) is 5.78. The molecule has 0 aliphatic carbocycles. The summed E-state index contributed by atoms with van der Waals surface area (Å²) < 4.78 is 7.95. The fraction of sp³-hybridized carbons (Fsp3) is 0.611. The van der Waals surface area contributed by atoms with Crippen LogP contribution in [0.15, 0.2) is 24.5 Å². The van der Waals surface area contributed by atoms with E-state index in [4.69, 9.17) is 4.74 Å². The Morgan fingerprint density at radius 2 is 2.21 bits per heavy atom. The van der Waals surface area contributed by atoms with Crippen LogP contribution in [0.25, 0.3) is 11.4 Å². The number of aryl methyl sites for hydroxylation is 1. The summed E-state index contributed by atoms with van der Waals surface area (Å²) in [6, 6.07) is 4.55. The van der Waals surface area contributed by atoms with Gasteiger partial charge in [-0.05, 0) is 36.8 Å². The van der Waals surface area contributed by atoms with Gasteiger partial charge in [0.25, 0.3) is 0 Å². The van der Waals surface area contributed by atoms with Crippen LogP contribution in [0.2, 0.25) is 0 Å². The molecule has 5 heterocycles. The predicted molar refractivity (Wildman–Crippen MR) is 89.5 cm³/mol. The highest BCUT2D eigenvalue weighted by molar-refractivity contribution is 5.54. The second kappa shape index (κ2) is 5.93. The van der Waals surface area contributed by atoms with Gasteiger partial charge in [-0.3, -0.25) is 4.98 Å². The Hall–Kier alpha value is -1.79. The zero-order valence-electron chi connectivity index (χ0n) is 13.8. The van der Waals surface area contributed by atoms with E-state index < -0.39 is 0 Å². The Kier molecular flexibility index (Phi) is 3.60. The molecule has 2 saturated heterocycles. The number of nitrogens with zero attached hydrogens (tertiary/aromatic N) is 5. The largest absolute Gasteiger partial charge is 0.381 e. The molecule has 0 amide bonds. The molecule has 2 aromatic heterocycles. The monoisotopic (exact) mass is 325 g/mol. The first kappa shape index (κ1) is 14.5. The van der Waals surface area contributed by atoms with Crippen molar-refractivity contribution >= 4 is 0 Å². The van der Waals surface area contributed by atoms with Crippen LogP contribution in [0.1, 0.15) is 24.7 Å². The van der Waals surface area contributed by atoms with E-state index in [2.05, 4.69) is 30.7 Å². The molecule has 2 fully saturated rings. The van der Waals surface area contributed by atoms with Crippen molar-refractivity contribution in [3.8, 4) is 11.4 Å². The van der Waals surface area contributed by atoms with Crippen molar-refractivity contribution in [1.82, 2.24) is 24.6 Å². The summed E-state index contributed by atoms with van der Waals surface area (Å²) in [5, 5.41) is 8.96. The number of rotatable bonds is 3. The van der Waals surface area contributed by atoms with Crippen molar-refractivity contribution in [2.45, 2.75) is 25.3 Å². The van der Waals surface area contributed by atoms with Crippen LogP contribution >= 0.6 is 0 Å². The van der Waals surface area contributed by atoms with Crippen LogP contribution in [0.3, 0.4) is 0 Å². The maximum Gasteiger partial charge on any atom is 0.165 e. The fourth-order valence-corrected chi connectivity index (χ4v) is 4.61. The van der Waals surface area contributed by atoms with E-state index in [9.17, 15) is 0 Å². The Labute approximate surface area is 141 Å². The maximum absolute atomic E-state index is 5.55. The molecule has 5 rings (SSSR count). The lowest BCUT2D eigenvalue weighted by molar-refractivity contribution is 0.172. The standard InChI is InChI=1S/C18H23N5O/c1-2-14(8-19-6-1)18-21-20-17-4-3-15-10-22(11-16(15)23(17)18)9-13-5-7-24-12-13/h1-2,6,8,13,15-16H,3-5,7,9-12H2/t13?,15-,16+/m1/s1. The molecule has 3 atom stereocenters. The molecule has 3 aliphatic heterocycles. The molecule has 0 N–H and O–H groups in total. The Bertz CT molecular complexity index is 709. The van der Waals surface area contributed by atoms with Gasteiger partial charge in [0, 0.05) is 50.6 Å². The molecule has 0 radical (unpaired) electrons. The average molecular weight is 325 g/mol. The van der Waals surface area contributed by atoms with E-state index >= 15 is 0 Å². The van der Waals surface area contributed by atoms with E-state index in [1.54, 1.807) is 6.20 Å². The summed E-state index contributed by atoms with van der Waals surface area (Å²) in [6.45, 7) is 5.36. The maximum atomic E-state index is 5.55. The summed E-state index contributed by atoms with van der Waals surface area (Å²) >= 11 is 0. The van der Waals surface area contributed by atoms with Crippen molar-refractivity contribution < 1.29 is 4.74 Å². The highest BCUT2D eigenvalue weighted by atomic mass is 16.5. The molecule has 0 spiro atoms. The summed E-state index contributed by atoms with van der Waals surface area (Å²) in [5.41, 5.74) is 1.07. The zero-order valence-corrected chi connectivity index (χ0v) is 13.8. The molecule has 0 bridgehead atoms. The summed E-state index contributed by atoms with van der Waals surface area (Å²) in [5.74, 6) is 3.55. The van der Waals surface area contributed by atoms with Gasteiger partial charge in [0.2, 0.25) is 0 Å². The second-order valence-electron chi connectivity index (χ2n) is 7.37. The SMILES string of the molecule is c1cncc(-c2nnc3n2[C@H]2CN(CC4CCOC4)C[C@H]2CC3)c1. The lowest BCUT2D eigenvalue weighted by Crippen LogP contribution is -2.28. The molecule has 6 heteroatoms. The predicted octanol–water partition coefficient (Wildman–Crippen LogP) is 1.80. The molecule has 126 valence electrons. The number of likely N-dealkylation sites (tertiary alicyclic amines) is 1. The van der Waals surface area contributed by atoms with E-state index in [0.29, 0.717) is 17.9 Å². The minimum Gasteiger partial charge on any atom is -0.381 e. The first-order chi connectivity index (χ1) is 11.9. The lowest BCUT2D eigenvalue weighted by Gasteiger charge is -2.27. The number of pyridine rings is 1. The smallest absolute Gasteiger partial charge is 0.165 e. The van der Waals surface area contributed by atoms with E-state index in [1.165, 1.54) is 25.9 Å². The normalized spacial score (nSPS) is 29.6. The average Bonchev–Trinajstić information content (AvgIpc) is 3.34. The number of fused-ring (bicyclic) bond motifs is 3. The van der Waals surface area contributed by atoms with Gasteiger partial charge >= 0.3 is 0 Å². The molecule has 0 aromatic carbocycles. The van der Waals surface area contributed by atoms with E-state index in [0.717, 1.165) is 43.4 Å². The van der Waals surface area contributed by atoms with Crippen molar-refractivity contribution in [3.05, 3.63) is 30.4 Å². The molecule has 2 aromatic rings. The van der Waals surface area contributed by atoms with Gasteiger partial charge in [0.05, 0.1) is 12.6 Å². The van der Waals surface area contributed by atoms with Gasteiger partial charge in [-0.15, -0.1) is 10.2 Å². The van der Waals surface area contributed by atoms with E-state index in [1.807, 2.05) is 12.3 Å². The van der Waals surface area contributed by atoms with Gasteiger partial charge < -0.3 is 14.2 Å². The first-order valence-electron chi connectivity index (χ1n) is 9.03. The van der Waals surface area contributed by atoms with Crippen LogP contribution in [-0.4, -0.2) is 57.5 Å². The molecular formula is C18H23N5O. The molecular weight excluding hydrogens is 302 g/mol. The third-order valence-corrected chi connectivity index (χ3v) is 5.78. The van der Waals surface area contributed by atoms with Gasteiger partial charge in [-0.1, -0.05) is 0 Å². The molecule has 1 unspecified atom stereocenters. The number of aromatic nitrogens is 4. The van der Waals surface area contributed by atoms with Gasteiger partial charge in [0.15, 0.2) is 5.82 Å². The lowest BCUT2D eigenvalue weighted by atomic mass is 9.93. The molecule has 3 aliphatic rings. The van der Waals surface area contributed by atoms with Crippen molar-refractivity contribution in [2.24, 2.45) is 11.8 Å². The van der Waals surface area contributed by atoms with Crippen LogP contribution in [-0.2, 0) is 11.2 Å². The minimum atomic E-state index is 0.501.